The molecule has 27 heavy (non-hydrogen) atoms. The highest BCUT2D eigenvalue weighted by Gasteiger charge is 2.28. The number of hydrogen-bond acceptors (Lipinski definition) is 7. The summed E-state index contributed by atoms with van der Waals surface area (Å²) in [6, 6.07) is 13.8. The molecule has 134 valence electrons. The van der Waals surface area contributed by atoms with Gasteiger partial charge in [0, 0.05) is 49.7 Å². The molecule has 0 aliphatic carbocycles. The highest BCUT2D eigenvalue weighted by molar-refractivity contribution is 5.59. The summed E-state index contributed by atoms with van der Waals surface area (Å²) >= 11 is 0. The van der Waals surface area contributed by atoms with E-state index in [0.29, 0.717) is 5.92 Å². The third-order valence-electron chi connectivity index (χ3n) is 4.77. The zero-order chi connectivity index (χ0) is 18.1. The molecule has 1 N–H and O–H groups in total. The van der Waals surface area contributed by atoms with Crippen molar-refractivity contribution in [1.82, 2.24) is 29.8 Å². The summed E-state index contributed by atoms with van der Waals surface area (Å²) in [6.45, 7) is 2.76. The van der Waals surface area contributed by atoms with Crippen LogP contribution in [0.5, 0.6) is 0 Å². The quantitative estimate of drug-likeness (QED) is 0.585. The molecule has 0 bridgehead atoms. The SMILES string of the molecule is c1ccn2c(NCC3CN(c4ccc(-c5ccncc5)nn4)C3)nnc2c1. The number of nitrogens with zero attached hydrogens (tertiary/aromatic N) is 7. The minimum Gasteiger partial charge on any atom is -0.354 e. The molecule has 5 heterocycles. The molecule has 0 spiro atoms. The second kappa shape index (κ2) is 6.64. The van der Waals surface area contributed by atoms with Crippen LogP contribution in [0.25, 0.3) is 16.9 Å². The van der Waals surface area contributed by atoms with Crippen LogP contribution in [0.4, 0.5) is 11.8 Å². The van der Waals surface area contributed by atoms with E-state index >= 15 is 0 Å². The van der Waals surface area contributed by atoms with Crippen molar-refractivity contribution in [2.45, 2.75) is 0 Å². The molecule has 4 aromatic heterocycles. The maximum Gasteiger partial charge on any atom is 0.229 e. The van der Waals surface area contributed by atoms with Gasteiger partial charge < -0.3 is 10.2 Å². The van der Waals surface area contributed by atoms with E-state index in [2.05, 4.69) is 35.6 Å². The Morgan fingerprint density at radius 3 is 2.63 bits per heavy atom. The van der Waals surface area contributed by atoms with Crippen LogP contribution in [0, 0.1) is 5.92 Å². The largest absolute Gasteiger partial charge is 0.354 e. The summed E-state index contributed by atoms with van der Waals surface area (Å²) in [4.78, 5) is 6.26. The number of rotatable bonds is 5. The summed E-state index contributed by atoms with van der Waals surface area (Å²) < 4.78 is 1.96. The predicted molar refractivity (Wildman–Crippen MR) is 102 cm³/mol. The van der Waals surface area contributed by atoms with Gasteiger partial charge in [0.1, 0.15) is 0 Å². The first-order chi connectivity index (χ1) is 13.4. The first-order valence-corrected chi connectivity index (χ1v) is 8.89. The second-order valence-corrected chi connectivity index (χ2v) is 6.62. The lowest BCUT2D eigenvalue weighted by Gasteiger charge is -2.39. The molecule has 1 aliphatic heterocycles. The normalized spacial score (nSPS) is 14.3. The molecule has 1 aliphatic rings. The lowest BCUT2D eigenvalue weighted by atomic mass is 10.0. The van der Waals surface area contributed by atoms with Crippen molar-refractivity contribution in [1.29, 1.82) is 0 Å². The predicted octanol–water partition coefficient (Wildman–Crippen LogP) is 2.13. The lowest BCUT2D eigenvalue weighted by molar-refractivity contribution is 0.424. The Hall–Kier alpha value is -3.55. The van der Waals surface area contributed by atoms with E-state index in [0.717, 1.165) is 48.3 Å². The molecule has 0 saturated carbocycles. The van der Waals surface area contributed by atoms with Gasteiger partial charge in [-0.25, -0.2) is 0 Å². The first-order valence-electron chi connectivity index (χ1n) is 8.89. The van der Waals surface area contributed by atoms with Crippen molar-refractivity contribution in [2.24, 2.45) is 5.92 Å². The third-order valence-corrected chi connectivity index (χ3v) is 4.77. The van der Waals surface area contributed by atoms with Crippen LogP contribution >= 0.6 is 0 Å². The van der Waals surface area contributed by atoms with E-state index in [9.17, 15) is 0 Å². The van der Waals surface area contributed by atoms with E-state index < -0.39 is 0 Å². The number of fused-ring (bicyclic) bond motifs is 1. The molecule has 0 atom stereocenters. The van der Waals surface area contributed by atoms with Gasteiger partial charge in [-0.2, -0.15) is 0 Å². The van der Waals surface area contributed by atoms with Gasteiger partial charge in [-0.15, -0.1) is 20.4 Å². The Bertz CT molecular complexity index is 1040. The van der Waals surface area contributed by atoms with Gasteiger partial charge in [-0.3, -0.25) is 9.38 Å². The summed E-state index contributed by atoms with van der Waals surface area (Å²) in [6.07, 6.45) is 5.48. The van der Waals surface area contributed by atoms with Gasteiger partial charge in [0.15, 0.2) is 11.5 Å². The lowest BCUT2D eigenvalue weighted by Crippen LogP contribution is -2.50. The average molecular weight is 358 g/mol. The van der Waals surface area contributed by atoms with Crippen LogP contribution in [-0.2, 0) is 0 Å². The molecule has 8 heteroatoms. The monoisotopic (exact) mass is 358 g/mol. The molecule has 5 rings (SSSR count). The van der Waals surface area contributed by atoms with E-state index in [1.807, 2.05) is 53.1 Å². The molecule has 0 unspecified atom stereocenters. The minimum absolute atomic E-state index is 0.544. The van der Waals surface area contributed by atoms with E-state index in [1.54, 1.807) is 12.4 Å². The fraction of sp³-hybridized carbons (Fsp3) is 0.211. The summed E-state index contributed by atoms with van der Waals surface area (Å²) in [7, 11) is 0. The summed E-state index contributed by atoms with van der Waals surface area (Å²) in [5.41, 5.74) is 2.73. The third kappa shape index (κ3) is 3.05. The number of nitrogens with one attached hydrogen (secondary N) is 1. The Balaban J connectivity index is 1.17. The molecule has 4 aromatic rings. The topological polar surface area (TPSA) is 84.1 Å². The smallest absolute Gasteiger partial charge is 0.229 e. The van der Waals surface area contributed by atoms with Crippen LogP contribution in [0.2, 0.25) is 0 Å². The van der Waals surface area contributed by atoms with E-state index in [-0.39, 0.29) is 0 Å². The molecule has 1 fully saturated rings. The zero-order valence-corrected chi connectivity index (χ0v) is 14.6. The molecular formula is C19H18N8. The van der Waals surface area contributed by atoms with Crippen molar-refractivity contribution >= 4 is 17.4 Å². The van der Waals surface area contributed by atoms with Gasteiger partial charge in [0.25, 0.3) is 0 Å². The molecule has 0 aromatic carbocycles. The highest BCUT2D eigenvalue weighted by Crippen LogP contribution is 2.24. The molecule has 8 nitrogen and oxygen atoms in total. The van der Waals surface area contributed by atoms with Crippen LogP contribution in [0.15, 0.2) is 61.1 Å². The van der Waals surface area contributed by atoms with Crippen molar-refractivity contribution in [3.05, 3.63) is 61.1 Å². The number of aromatic nitrogens is 6. The van der Waals surface area contributed by atoms with Crippen molar-refractivity contribution in [2.75, 3.05) is 29.9 Å². The maximum absolute atomic E-state index is 4.37. The Labute approximate surface area is 155 Å². The van der Waals surface area contributed by atoms with Crippen LogP contribution in [-0.4, -0.2) is 49.4 Å². The fourth-order valence-corrected chi connectivity index (χ4v) is 3.25. The standard InChI is InChI=1S/C19H18N8/c1-2-10-27-18(3-1)24-25-19(27)21-11-14-12-26(13-14)17-5-4-16(22-23-17)15-6-8-20-9-7-15/h1-10,14H,11-13H2,(H,21,25). The maximum atomic E-state index is 4.37. The second-order valence-electron chi connectivity index (χ2n) is 6.62. The fourth-order valence-electron chi connectivity index (χ4n) is 3.25. The number of anilines is 2. The Kier molecular flexibility index (Phi) is 3.86. The van der Waals surface area contributed by atoms with E-state index in [1.165, 1.54) is 0 Å². The van der Waals surface area contributed by atoms with Gasteiger partial charge in [-0.05, 0) is 36.4 Å². The van der Waals surface area contributed by atoms with Gasteiger partial charge >= 0.3 is 0 Å². The molecule has 0 radical (unpaired) electrons. The number of pyridine rings is 2. The van der Waals surface area contributed by atoms with Crippen LogP contribution in [0.3, 0.4) is 0 Å². The highest BCUT2D eigenvalue weighted by atomic mass is 15.3. The van der Waals surface area contributed by atoms with E-state index in [4.69, 9.17) is 0 Å². The summed E-state index contributed by atoms with van der Waals surface area (Å²) in [5, 5.41) is 20.5. The molecule has 0 amide bonds. The first kappa shape index (κ1) is 15.7. The Morgan fingerprint density at radius 1 is 0.926 bits per heavy atom. The van der Waals surface area contributed by atoms with Gasteiger partial charge in [0.05, 0.1) is 5.69 Å². The average Bonchev–Trinajstić information content (AvgIpc) is 3.11. The summed E-state index contributed by atoms with van der Waals surface area (Å²) in [5.74, 6) is 2.24. The van der Waals surface area contributed by atoms with Gasteiger partial charge in [0.2, 0.25) is 5.95 Å². The van der Waals surface area contributed by atoms with Gasteiger partial charge in [-0.1, -0.05) is 6.07 Å². The van der Waals surface area contributed by atoms with Crippen LogP contribution < -0.4 is 10.2 Å². The van der Waals surface area contributed by atoms with Crippen molar-refractivity contribution < 1.29 is 0 Å². The van der Waals surface area contributed by atoms with Crippen LogP contribution in [0.1, 0.15) is 0 Å². The molecule has 1 saturated heterocycles. The Morgan fingerprint density at radius 2 is 1.81 bits per heavy atom. The minimum atomic E-state index is 0.544. The van der Waals surface area contributed by atoms with Crippen molar-refractivity contribution in [3.63, 3.8) is 0 Å². The number of hydrogen-bond donors (Lipinski definition) is 1. The zero-order valence-electron chi connectivity index (χ0n) is 14.6. The molecular weight excluding hydrogens is 340 g/mol. The van der Waals surface area contributed by atoms with Crippen molar-refractivity contribution in [3.8, 4) is 11.3 Å².